The lowest BCUT2D eigenvalue weighted by Gasteiger charge is -2.36. The minimum Gasteiger partial charge on any atom is -0.457 e. The summed E-state index contributed by atoms with van der Waals surface area (Å²) in [4.78, 5) is 29.7. The van der Waals surface area contributed by atoms with Crippen molar-refractivity contribution in [2.75, 3.05) is 14.1 Å². The molecule has 4 rings (SSSR count). The Balaban J connectivity index is 1.51. The molecule has 2 aromatic rings. The number of hydrogen-bond acceptors (Lipinski definition) is 6. The highest BCUT2D eigenvalue weighted by atomic mass is 32.2. The van der Waals surface area contributed by atoms with Gasteiger partial charge in [-0.1, -0.05) is 6.42 Å². The number of aromatic nitrogens is 2. The smallest absolute Gasteiger partial charge is 0.309 e. The predicted molar refractivity (Wildman–Crippen MR) is 115 cm³/mol. The molecule has 2 unspecified atom stereocenters. The second-order valence-corrected chi connectivity index (χ2v) is 10.9. The van der Waals surface area contributed by atoms with Crippen LogP contribution in [0, 0.1) is 17.8 Å². The molecule has 0 spiro atoms. The van der Waals surface area contributed by atoms with Gasteiger partial charge in [-0.2, -0.15) is 0 Å². The molecule has 2 aliphatic rings. The monoisotopic (exact) mass is 447 g/mol. The highest BCUT2D eigenvalue weighted by molar-refractivity contribution is 7.89. The van der Waals surface area contributed by atoms with Gasteiger partial charge in [0.2, 0.25) is 10.0 Å². The van der Waals surface area contributed by atoms with Crippen molar-refractivity contribution >= 4 is 32.8 Å². The zero-order valence-corrected chi connectivity index (χ0v) is 19.0. The van der Waals surface area contributed by atoms with Gasteiger partial charge in [-0.25, -0.2) is 17.7 Å². The summed E-state index contributed by atoms with van der Waals surface area (Å²) in [5.41, 5.74) is 1.35. The number of carbonyl (C=O) groups excluding carboxylic acids is 2. The normalized spacial score (nSPS) is 24.0. The summed E-state index contributed by atoms with van der Waals surface area (Å²) in [6.07, 6.45) is 4.00. The van der Waals surface area contributed by atoms with Crippen LogP contribution in [-0.4, -0.2) is 48.1 Å². The van der Waals surface area contributed by atoms with Gasteiger partial charge >= 0.3 is 5.97 Å². The van der Waals surface area contributed by atoms with Gasteiger partial charge in [0.1, 0.15) is 18.2 Å². The molecule has 1 aromatic heterocycles. The first-order chi connectivity index (χ1) is 14.7. The lowest BCUT2D eigenvalue weighted by molar-refractivity contribution is -0.155. The Kier molecular flexibility index (Phi) is 5.91. The fourth-order valence-corrected chi connectivity index (χ4v) is 5.84. The summed E-state index contributed by atoms with van der Waals surface area (Å²) < 4.78 is 33.6. The minimum atomic E-state index is -3.56. The number of hydrogen-bond donors (Lipinski definition) is 0. The van der Waals surface area contributed by atoms with Gasteiger partial charge < -0.3 is 9.30 Å². The van der Waals surface area contributed by atoms with E-state index in [9.17, 15) is 18.0 Å². The van der Waals surface area contributed by atoms with Crippen molar-refractivity contribution in [1.29, 1.82) is 0 Å². The summed E-state index contributed by atoms with van der Waals surface area (Å²) in [5.74, 6) is 0.410. The molecule has 0 N–H and O–H groups in total. The van der Waals surface area contributed by atoms with Crippen molar-refractivity contribution < 1.29 is 22.7 Å². The quantitative estimate of drug-likeness (QED) is 0.632. The van der Waals surface area contributed by atoms with E-state index >= 15 is 0 Å². The number of esters is 1. The van der Waals surface area contributed by atoms with E-state index in [4.69, 9.17) is 4.74 Å². The van der Waals surface area contributed by atoms with Crippen LogP contribution in [0.3, 0.4) is 0 Å². The number of fused-ring (bicyclic) bond motifs is 3. The Morgan fingerprint density at radius 1 is 1.23 bits per heavy atom. The number of imidazole rings is 1. The van der Waals surface area contributed by atoms with E-state index in [2.05, 4.69) is 4.98 Å². The van der Waals surface area contributed by atoms with E-state index in [-0.39, 0.29) is 35.2 Å². The topological polar surface area (TPSA) is 98.6 Å². The Morgan fingerprint density at radius 3 is 2.52 bits per heavy atom. The molecule has 0 saturated heterocycles. The average molecular weight is 448 g/mol. The van der Waals surface area contributed by atoms with E-state index in [1.807, 2.05) is 11.5 Å². The number of benzene rings is 1. The molecule has 2 atom stereocenters. The van der Waals surface area contributed by atoms with E-state index < -0.39 is 10.0 Å². The van der Waals surface area contributed by atoms with Crippen LogP contribution in [0.5, 0.6) is 0 Å². The fourth-order valence-electron chi connectivity index (χ4n) is 4.92. The van der Waals surface area contributed by atoms with Gasteiger partial charge in [0, 0.05) is 32.5 Å². The number of nitrogens with zero attached hydrogens (tertiary/aromatic N) is 3. The summed E-state index contributed by atoms with van der Waals surface area (Å²) in [5, 5.41) is 0. The molecule has 2 bridgehead atoms. The second kappa shape index (κ2) is 8.35. The van der Waals surface area contributed by atoms with Crippen LogP contribution < -0.4 is 0 Å². The zero-order chi connectivity index (χ0) is 22.3. The van der Waals surface area contributed by atoms with Crippen LogP contribution in [0.25, 0.3) is 11.0 Å². The molecule has 31 heavy (non-hydrogen) atoms. The molecule has 0 amide bonds. The largest absolute Gasteiger partial charge is 0.457 e. The Bertz CT molecular complexity index is 1110. The maximum atomic E-state index is 12.7. The standard InChI is InChI=1S/C22H29N3O5S/c1-4-25-19-9-8-17(31(28,29)24(2)3)12-18(19)23-20(25)13-30-22(27)16-10-14-6-5-7-15(11-16)21(14)26/h8-9,12,14-16H,4-7,10-11,13H2,1-3H3. The number of Topliss-reactive ketones (excluding diaryl/α,β-unsaturated/α-hetero) is 1. The SMILES string of the molecule is CCn1c(COC(=O)C2CC3CCCC(C2)C3=O)nc2cc(S(=O)(=O)N(C)C)ccc21. The Hall–Kier alpha value is -2.26. The first-order valence-electron chi connectivity index (χ1n) is 10.8. The van der Waals surface area contributed by atoms with Crippen LogP contribution in [0.2, 0.25) is 0 Å². The number of ether oxygens (including phenoxy) is 1. The van der Waals surface area contributed by atoms with Crippen molar-refractivity contribution in [2.24, 2.45) is 17.8 Å². The predicted octanol–water partition coefficient (Wildman–Crippen LogP) is 2.75. The molecule has 1 heterocycles. The first kappa shape index (κ1) is 22.0. The van der Waals surface area contributed by atoms with E-state index in [1.54, 1.807) is 18.2 Å². The molecule has 0 aliphatic heterocycles. The number of aryl methyl sites for hydroxylation is 1. The van der Waals surface area contributed by atoms with Crippen molar-refractivity contribution in [1.82, 2.24) is 13.9 Å². The first-order valence-corrected chi connectivity index (χ1v) is 12.3. The van der Waals surface area contributed by atoms with Crippen molar-refractivity contribution in [3.63, 3.8) is 0 Å². The molecule has 8 nitrogen and oxygen atoms in total. The number of ketones is 1. The molecule has 2 aliphatic carbocycles. The highest BCUT2D eigenvalue weighted by Crippen LogP contribution is 2.40. The van der Waals surface area contributed by atoms with Crippen LogP contribution in [-0.2, 0) is 37.5 Å². The van der Waals surface area contributed by atoms with E-state index in [0.29, 0.717) is 36.5 Å². The summed E-state index contributed by atoms with van der Waals surface area (Å²) in [6.45, 7) is 2.60. The molecule has 2 fully saturated rings. The van der Waals surface area contributed by atoms with E-state index in [0.717, 1.165) is 29.1 Å². The molecule has 168 valence electrons. The van der Waals surface area contributed by atoms with Crippen LogP contribution in [0.15, 0.2) is 23.1 Å². The average Bonchev–Trinajstić information content (AvgIpc) is 3.08. The lowest BCUT2D eigenvalue weighted by atomic mass is 9.67. The van der Waals surface area contributed by atoms with Gasteiger partial charge in [0.15, 0.2) is 0 Å². The van der Waals surface area contributed by atoms with Gasteiger partial charge in [0.25, 0.3) is 0 Å². The van der Waals surface area contributed by atoms with Crippen molar-refractivity contribution in [3.05, 3.63) is 24.0 Å². The zero-order valence-electron chi connectivity index (χ0n) is 18.2. The summed E-state index contributed by atoms with van der Waals surface area (Å²) >= 11 is 0. The van der Waals surface area contributed by atoms with Crippen LogP contribution in [0.4, 0.5) is 0 Å². The maximum absolute atomic E-state index is 12.7. The van der Waals surface area contributed by atoms with Crippen LogP contribution >= 0.6 is 0 Å². The van der Waals surface area contributed by atoms with Crippen molar-refractivity contribution in [3.8, 4) is 0 Å². The van der Waals surface area contributed by atoms with E-state index in [1.165, 1.54) is 14.1 Å². The van der Waals surface area contributed by atoms with Gasteiger partial charge in [-0.15, -0.1) is 0 Å². The molecular weight excluding hydrogens is 418 g/mol. The number of sulfonamides is 1. The number of rotatable bonds is 6. The maximum Gasteiger partial charge on any atom is 0.309 e. The second-order valence-electron chi connectivity index (χ2n) is 8.71. The van der Waals surface area contributed by atoms with Crippen molar-refractivity contribution in [2.45, 2.75) is 57.1 Å². The highest BCUT2D eigenvalue weighted by Gasteiger charge is 2.41. The Morgan fingerprint density at radius 2 is 1.90 bits per heavy atom. The molecule has 2 saturated carbocycles. The van der Waals surface area contributed by atoms with Gasteiger partial charge in [-0.3, -0.25) is 9.59 Å². The molecule has 9 heteroatoms. The Labute approximate surface area is 182 Å². The minimum absolute atomic E-state index is 0.00216. The number of carbonyl (C=O) groups is 2. The third kappa shape index (κ3) is 4.01. The fraction of sp³-hybridized carbons (Fsp3) is 0.591. The summed E-state index contributed by atoms with van der Waals surface area (Å²) in [6, 6.07) is 4.86. The molecular formula is C22H29N3O5S. The molecule has 0 radical (unpaired) electrons. The molecule has 1 aromatic carbocycles. The summed E-state index contributed by atoms with van der Waals surface area (Å²) in [7, 11) is -0.584. The van der Waals surface area contributed by atoms with Gasteiger partial charge in [0.05, 0.1) is 21.8 Å². The van der Waals surface area contributed by atoms with Gasteiger partial charge in [-0.05, 0) is 50.8 Å². The third-order valence-electron chi connectivity index (χ3n) is 6.62. The third-order valence-corrected chi connectivity index (χ3v) is 8.43. The lowest BCUT2D eigenvalue weighted by Crippen LogP contribution is -2.39. The van der Waals surface area contributed by atoms with Crippen LogP contribution in [0.1, 0.15) is 44.9 Å².